The predicted molar refractivity (Wildman–Crippen MR) is 119 cm³/mol. The Labute approximate surface area is 182 Å². The molecular weight excluding hydrogens is 394 g/mol. The molecule has 1 fully saturated rings. The number of hydrogen-bond acceptors (Lipinski definition) is 5. The van der Waals surface area contributed by atoms with Gasteiger partial charge in [0.1, 0.15) is 12.4 Å². The van der Waals surface area contributed by atoms with Gasteiger partial charge in [-0.05, 0) is 37.5 Å². The second-order valence-corrected chi connectivity index (χ2v) is 7.95. The fraction of sp³-hybridized carbons (Fsp3) is 0.545. The highest BCUT2D eigenvalue weighted by Crippen LogP contribution is 2.21. The Balaban J connectivity index is 1.36. The van der Waals surface area contributed by atoms with Gasteiger partial charge in [0.05, 0.1) is 13.1 Å². The van der Waals surface area contributed by atoms with Crippen molar-refractivity contribution in [3.8, 4) is 0 Å². The van der Waals surface area contributed by atoms with E-state index in [-0.39, 0.29) is 11.9 Å². The summed E-state index contributed by atoms with van der Waals surface area (Å²) in [5.41, 5.74) is 2.08. The number of nitrogens with one attached hydrogen (secondary N) is 2. The van der Waals surface area contributed by atoms with E-state index in [1.165, 1.54) is 0 Å². The molecule has 1 atom stereocenters. The van der Waals surface area contributed by atoms with E-state index >= 15 is 0 Å². The number of ether oxygens (including phenoxy) is 1. The molecule has 0 spiro atoms. The molecule has 0 saturated carbocycles. The molecule has 0 aliphatic carbocycles. The van der Waals surface area contributed by atoms with Crippen molar-refractivity contribution in [1.82, 2.24) is 25.4 Å². The van der Waals surface area contributed by atoms with Gasteiger partial charge in [-0.1, -0.05) is 12.1 Å². The first kappa shape index (κ1) is 21.3. The molecule has 0 radical (unpaired) electrons. The van der Waals surface area contributed by atoms with Crippen LogP contribution in [0.15, 0.2) is 29.3 Å². The Bertz CT molecular complexity index is 922. The number of aliphatic imine (C=N–C) groups is 1. The summed E-state index contributed by atoms with van der Waals surface area (Å²) < 4.78 is 7.11. The fourth-order valence-corrected chi connectivity index (χ4v) is 4.05. The molecule has 4 rings (SSSR count). The molecule has 31 heavy (non-hydrogen) atoms. The Morgan fingerprint density at radius 1 is 1.29 bits per heavy atom. The molecule has 9 nitrogen and oxygen atoms in total. The Kier molecular flexibility index (Phi) is 6.81. The minimum atomic E-state index is 0.210. The number of aromatic nitrogens is 3. The van der Waals surface area contributed by atoms with Gasteiger partial charge in [0.25, 0.3) is 0 Å². The molecule has 2 aromatic rings. The SMILES string of the molecule is CCNC(=NCc1ccc(N2CCCC2=O)cc1)NC1CCc2nc(COC)nn2C1. The number of benzene rings is 1. The number of amides is 1. The third kappa shape index (κ3) is 5.22. The first-order valence-corrected chi connectivity index (χ1v) is 11.0. The molecule has 1 unspecified atom stereocenters. The number of carbonyl (C=O) groups excluding carboxylic acids is 1. The molecule has 166 valence electrons. The molecule has 2 aliphatic rings. The van der Waals surface area contributed by atoms with E-state index in [4.69, 9.17) is 9.73 Å². The average Bonchev–Trinajstić information content (AvgIpc) is 3.38. The first-order valence-electron chi connectivity index (χ1n) is 11.0. The van der Waals surface area contributed by atoms with Crippen LogP contribution in [0.3, 0.4) is 0 Å². The van der Waals surface area contributed by atoms with Crippen molar-refractivity contribution in [2.75, 3.05) is 25.1 Å². The van der Waals surface area contributed by atoms with Crippen LogP contribution in [0.4, 0.5) is 5.69 Å². The van der Waals surface area contributed by atoms with Crippen molar-refractivity contribution < 1.29 is 9.53 Å². The third-order valence-electron chi connectivity index (χ3n) is 5.60. The minimum Gasteiger partial charge on any atom is -0.377 e. The molecule has 0 bridgehead atoms. The number of guanidine groups is 1. The lowest BCUT2D eigenvalue weighted by Gasteiger charge is -2.25. The normalized spacial score (nSPS) is 18.9. The number of methoxy groups -OCH3 is 1. The lowest BCUT2D eigenvalue weighted by Crippen LogP contribution is -2.47. The summed E-state index contributed by atoms with van der Waals surface area (Å²) in [5, 5.41) is 11.4. The molecule has 1 saturated heterocycles. The van der Waals surface area contributed by atoms with Crippen LogP contribution in [0, 0.1) is 0 Å². The molecule has 1 aromatic carbocycles. The largest absolute Gasteiger partial charge is 0.377 e. The van der Waals surface area contributed by atoms with Gasteiger partial charge >= 0.3 is 0 Å². The summed E-state index contributed by atoms with van der Waals surface area (Å²) in [6.45, 7) is 5.44. The maximum Gasteiger partial charge on any atom is 0.227 e. The van der Waals surface area contributed by atoms with Gasteiger partial charge in [0.15, 0.2) is 11.8 Å². The van der Waals surface area contributed by atoms with Gasteiger partial charge in [0.2, 0.25) is 5.91 Å². The van der Waals surface area contributed by atoms with Gasteiger partial charge in [-0.15, -0.1) is 0 Å². The van der Waals surface area contributed by atoms with Crippen LogP contribution in [-0.4, -0.2) is 52.9 Å². The van der Waals surface area contributed by atoms with Crippen LogP contribution < -0.4 is 15.5 Å². The van der Waals surface area contributed by atoms with E-state index in [0.29, 0.717) is 19.6 Å². The van der Waals surface area contributed by atoms with Crippen molar-refractivity contribution in [2.24, 2.45) is 4.99 Å². The van der Waals surface area contributed by atoms with Crippen LogP contribution in [0.2, 0.25) is 0 Å². The zero-order chi connectivity index (χ0) is 21.6. The fourth-order valence-electron chi connectivity index (χ4n) is 4.05. The maximum atomic E-state index is 11.9. The third-order valence-corrected chi connectivity index (χ3v) is 5.60. The van der Waals surface area contributed by atoms with Crippen LogP contribution in [0.25, 0.3) is 0 Å². The van der Waals surface area contributed by atoms with Crippen molar-refractivity contribution in [3.63, 3.8) is 0 Å². The highest BCUT2D eigenvalue weighted by atomic mass is 16.5. The van der Waals surface area contributed by atoms with E-state index < -0.39 is 0 Å². The molecule has 2 aliphatic heterocycles. The zero-order valence-corrected chi connectivity index (χ0v) is 18.3. The highest BCUT2D eigenvalue weighted by molar-refractivity contribution is 5.95. The number of fused-ring (bicyclic) bond motifs is 1. The predicted octanol–water partition coefficient (Wildman–Crippen LogP) is 1.62. The van der Waals surface area contributed by atoms with Gasteiger partial charge < -0.3 is 20.3 Å². The number of nitrogens with zero attached hydrogens (tertiary/aromatic N) is 5. The second-order valence-electron chi connectivity index (χ2n) is 7.95. The smallest absolute Gasteiger partial charge is 0.227 e. The Hall–Kier alpha value is -2.94. The standard InChI is InChI=1S/C22H31N7O2/c1-3-23-22(25-17-8-11-20-26-19(15-31-2)27-29(20)14-17)24-13-16-6-9-18(10-7-16)28-12-4-5-21(28)30/h6-7,9-10,17H,3-5,8,11-15H2,1-2H3,(H2,23,24,25). The quantitative estimate of drug-likeness (QED) is 0.517. The van der Waals surface area contributed by atoms with Gasteiger partial charge in [-0.3, -0.25) is 4.79 Å². The number of anilines is 1. The lowest BCUT2D eigenvalue weighted by atomic mass is 10.1. The van der Waals surface area contributed by atoms with Gasteiger partial charge in [-0.2, -0.15) is 5.10 Å². The number of rotatable bonds is 7. The molecule has 2 N–H and O–H groups in total. The Morgan fingerprint density at radius 2 is 2.13 bits per heavy atom. The lowest BCUT2D eigenvalue weighted by molar-refractivity contribution is -0.117. The molecular formula is C22H31N7O2. The molecule has 9 heteroatoms. The van der Waals surface area contributed by atoms with Gasteiger partial charge in [-0.25, -0.2) is 14.7 Å². The van der Waals surface area contributed by atoms with Crippen LogP contribution >= 0.6 is 0 Å². The highest BCUT2D eigenvalue weighted by Gasteiger charge is 2.23. The van der Waals surface area contributed by atoms with Crippen LogP contribution in [0.1, 0.15) is 43.4 Å². The second kappa shape index (κ2) is 9.91. The summed E-state index contributed by atoms with van der Waals surface area (Å²) in [6, 6.07) is 8.37. The van der Waals surface area contributed by atoms with E-state index in [2.05, 4.69) is 27.6 Å². The van der Waals surface area contributed by atoms with Crippen LogP contribution in [-0.2, 0) is 35.6 Å². The van der Waals surface area contributed by atoms with Crippen molar-refractivity contribution in [1.29, 1.82) is 0 Å². The van der Waals surface area contributed by atoms with E-state index in [1.807, 2.05) is 33.8 Å². The molecule has 1 amide bonds. The van der Waals surface area contributed by atoms with Gasteiger partial charge in [0, 0.05) is 44.8 Å². The summed E-state index contributed by atoms with van der Waals surface area (Å²) in [6.07, 6.45) is 3.45. The maximum absolute atomic E-state index is 11.9. The van der Waals surface area contributed by atoms with Crippen molar-refractivity contribution in [3.05, 3.63) is 41.5 Å². The topological polar surface area (TPSA) is 96.7 Å². The van der Waals surface area contributed by atoms with Crippen molar-refractivity contribution in [2.45, 2.75) is 58.3 Å². The minimum absolute atomic E-state index is 0.210. The first-order chi connectivity index (χ1) is 15.2. The average molecular weight is 426 g/mol. The summed E-state index contributed by atoms with van der Waals surface area (Å²) in [7, 11) is 1.66. The summed E-state index contributed by atoms with van der Waals surface area (Å²) in [5.74, 6) is 2.76. The molecule has 3 heterocycles. The molecule has 1 aromatic heterocycles. The summed E-state index contributed by atoms with van der Waals surface area (Å²) >= 11 is 0. The summed E-state index contributed by atoms with van der Waals surface area (Å²) in [4.78, 5) is 23.1. The van der Waals surface area contributed by atoms with E-state index in [9.17, 15) is 4.79 Å². The Morgan fingerprint density at radius 3 is 2.84 bits per heavy atom. The number of carbonyl (C=O) groups is 1. The van der Waals surface area contributed by atoms with E-state index in [1.54, 1.807) is 7.11 Å². The zero-order valence-electron chi connectivity index (χ0n) is 18.3. The van der Waals surface area contributed by atoms with Crippen LogP contribution in [0.5, 0.6) is 0 Å². The van der Waals surface area contributed by atoms with Crippen molar-refractivity contribution >= 4 is 17.6 Å². The number of aryl methyl sites for hydroxylation is 1. The van der Waals surface area contributed by atoms with E-state index in [0.717, 1.165) is 67.8 Å². The monoisotopic (exact) mass is 425 g/mol. The number of hydrogen-bond donors (Lipinski definition) is 2.